The number of fused-ring (bicyclic) bond motifs is 1. The fraction of sp³-hybridized carbons (Fsp3) is 0.417. The van der Waals surface area contributed by atoms with E-state index in [2.05, 4.69) is 20.2 Å². The summed E-state index contributed by atoms with van der Waals surface area (Å²) < 4.78 is 1.96. The Morgan fingerprint density at radius 1 is 1.63 bits per heavy atom. The highest BCUT2D eigenvalue weighted by Crippen LogP contribution is 2.23. The number of carbonyl (C=O) groups excluding carboxylic acids is 1. The Bertz CT molecular complexity index is 564. The minimum absolute atomic E-state index is 0.0167. The Hall–Kier alpha value is -1.73. The Morgan fingerprint density at radius 2 is 2.53 bits per heavy atom. The predicted octanol–water partition coefficient (Wildman–Crippen LogP) is 0.642. The highest BCUT2D eigenvalue weighted by molar-refractivity contribution is 7.09. The van der Waals surface area contributed by atoms with Gasteiger partial charge in [-0.05, 0) is 0 Å². The standard InChI is InChI=1S/C12H15N5OS/c1-13-12(18)10-6-16(7-11-15-2-3-19-11)5-9-4-14-8-17(9)10/h2-4,8,10H,5-7H2,1H3,(H,13,18). The molecule has 1 amide bonds. The molecule has 100 valence electrons. The van der Waals surface area contributed by atoms with Crippen molar-refractivity contribution < 1.29 is 4.79 Å². The second kappa shape index (κ2) is 5.10. The van der Waals surface area contributed by atoms with Crippen LogP contribution < -0.4 is 5.32 Å². The Morgan fingerprint density at radius 3 is 3.26 bits per heavy atom. The van der Waals surface area contributed by atoms with Gasteiger partial charge in [0, 0.05) is 37.9 Å². The number of hydrogen-bond acceptors (Lipinski definition) is 5. The lowest BCUT2D eigenvalue weighted by molar-refractivity contribution is -0.125. The zero-order valence-corrected chi connectivity index (χ0v) is 11.4. The van der Waals surface area contributed by atoms with Crippen LogP contribution in [0.4, 0.5) is 0 Å². The van der Waals surface area contributed by atoms with Crippen molar-refractivity contribution in [3.05, 3.63) is 34.8 Å². The first kappa shape index (κ1) is 12.3. The number of imidazole rings is 1. The van der Waals surface area contributed by atoms with Crippen molar-refractivity contribution in [2.75, 3.05) is 13.6 Å². The highest BCUT2D eigenvalue weighted by Gasteiger charge is 2.29. The highest BCUT2D eigenvalue weighted by atomic mass is 32.1. The molecule has 1 unspecified atom stereocenters. The second-order valence-corrected chi connectivity index (χ2v) is 5.50. The first-order chi connectivity index (χ1) is 9.28. The lowest BCUT2D eigenvalue weighted by atomic mass is 10.1. The van der Waals surface area contributed by atoms with E-state index in [0.717, 1.165) is 23.8 Å². The van der Waals surface area contributed by atoms with E-state index in [1.54, 1.807) is 24.7 Å². The topological polar surface area (TPSA) is 63.1 Å². The monoisotopic (exact) mass is 277 g/mol. The quantitative estimate of drug-likeness (QED) is 0.894. The smallest absolute Gasteiger partial charge is 0.244 e. The van der Waals surface area contributed by atoms with Crippen LogP contribution in [-0.2, 0) is 17.9 Å². The number of likely N-dealkylation sites (N-methyl/N-ethyl adjacent to an activating group) is 1. The van der Waals surface area contributed by atoms with Crippen LogP contribution in [0.15, 0.2) is 24.1 Å². The summed E-state index contributed by atoms with van der Waals surface area (Å²) in [6, 6.07) is -0.212. The molecule has 7 heteroatoms. The van der Waals surface area contributed by atoms with Gasteiger partial charge in [0.2, 0.25) is 5.91 Å². The fourth-order valence-electron chi connectivity index (χ4n) is 2.38. The summed E-state index contributed by atoms with van der Waals surface area (Å²) in [7, 11) is 1.67. The number of amides is 1. The summed E-state index contributed by atoms with van der Waals surface area (Å²) in [5.74, 6) is 0.0167. The average molecular weight is 277 g/mol. The number of carbonyl (C=O) groups is 1. The molecule has 0 radical (unpaired) electrons. The van der Waals surface area contributed by atoms with E-state index in [1.807, 2.05) is 22.3 Å². The van der Waals surface area contributed by atoms with E-state index < -0.39 is 0 Å². The molecule has 2 aromatic rings. The minimum Gasteiger partial charge on any atom is -0.357 e. The normalized spacial score (nSPS) is 19.1. The van der Waals surface area contributed by atoms with E-state index >= 15 is 0 Å². The predicted molar refractivity (Wildman–Crippen MR) is 71.6 cm³/mol. The van der Waals surface area contributed by atoms with Gasteiger partial charge in [0.15, 0.2) is 0 Å². The van der Waals surface area contributed by atoms with Crippen molar-refractivity contribution >= 4 is 17.2 Å². The maximum Gasteiger partial charge on any atom is 0.244 e. The average Bonchev–Trinajstić information content (AvgIpc) is 3.07. The van der Waals surface area contributed by atoms with Gasteiger partial charge >= 0.3 is 0 Å². The van der Waals surface area contributed by atoms with Gasteiger partial charge in [-0.2, -0.15) is 0 Å². The number of thiazole rings is 1. The van der Waals surface area contributed by atoms with E-state index in [9.17, 15) is 4.79 Å². The van der Waals surface area contributed by atoms with Crippen LogP contribution >= 0.6 is 11.3 Å². The van der Waals surface area contributed by atoms with E-state index in [4.69, 9.17) is 0 Å². The van der Waals surface area contributed by atoms with Gasteiger partial charge in [-0.3, -0.25) is 9.69 Å². The van der Waals surface area contributed by atoms with Crippen LogP contribution in [0.3, 0.4) is 0 Å². The van der Waals surface area contributed by atoms with Gasteiger partial charge in [0.25, 0.3) is 0 Å². The molecular weight excluding hydrogens is 262 g/mol. The van der Waals surface area contributed by atoms with E-state index in [-0.39, 0.29) is 11.9 Å². The molecule has 0 fully saturated rings. The second-order valence-electron chi connectivity index (χ2n) is 4.52. The molecule has 6 nitrogen and oxygen atoms in total. The largest absolute Gasteiger partial charge is 0.357 e. The molecule has 0 aromatic carbocycles. The number of hydrogen-bond donors (Lipinski definition) is 1. The van der Waals surface area contributed by atoms with Gasteiger partial charge in [-0.25, -0.2) is 9.97 Å². The number of rotatable bonds is 3. The Labute approximate surface area is 115 Å². The number of nitrogens with one attached hydrogen (secondary N) is 1. The van der Waals surface area contributed by atoms with Gasteiger partial charge < -0.3 is 9.88 Å². The molecule has 3 rings (SSSR count). The summed E-state index contributed by atoms with van der Waals surface area (Å²) in [6.45, 7) is 2.26. The van der Waals surface area contributed by atoms with Crippen LogP contribution in [-0.4, -0.2) is 38.9 Å². The first-order valence-corrected chi connectivity index (χ1v) is 6.99. The van der Waals surface area contributed by atoms with Crippen LogP contribution in [0.25, 0.3) is 0 Å². The lowest BCUT2D eigenvalue weighted by Gasteiger charge is -2.32. The summed E-state index contributed by atoms with van der Waals surface area (Å²) in [6.07, 6.45) is 5.37. The van der Waals surface area contributed by atoms with Crippen LogP contribution in [0, 0.1) is 0 Å². The Balaban J connectivity index is 1.82. The van der Waals surface area contributed by atoms with Crippen molar-refractivity contribution in [2.24, 2.45) is 0 Å². The zero-order chi connectivity index (χ0) is 13.2. The van der Waals surface area contributed by atoms with Crippen molar-refractivity contribution in [1.29, 1.82) is 0 Å². The van der Waals surface area contributed by atoms with Gasteiger partial charge in [0.05, 0.1) is 18.6 Å². The molecular formula is C12H15N5OS. The molecule has 0 bridgehead atoms. The number of aromatic nitrogens is 3. The van der Waals surface area contributed by atoms with Crippen LogP contribution in [0.2, 0.25) is 0 Å². The summed E-state index contributed by atoms with van der Waals surface area (Å²) in [4.78, 5) is 22.7. The van der Waals surface area contributed by atoms with Gasteiger partial charge in [-0.15, -0.1) is 11.3 Å². The molecule has 0 spiro atoms. The third kappa shape index (κ3) is 2.39. The molecule has 1 aliphatic rings. The lowest BCUT2D eigenvalue weighted by Crippen LogP contribution is -2.43. The zero-order valence-electron chi connectivity index (χ0n) is 10.6. The molecule has 1 N–H and O–H groups in total. The summed E-state index contributed by atoms with van der Waals surface area (Å²) >= 11 is 1.64. The molecule has 2 aromatic heterocycles. The van der Waals surface area contributed by atoms with E-state index in [1.165, 1.54) is 0 Å². The van der Waals surface area contributed by atoms with E-state index in [0.29, 0.717) is 6.54 Å². The maximum absolute atomic E-state index is 12.0. The molecule has 1 aliphatic heterocycles. The maximum atomic E-state index is 12.0. The van der Waals surface area contributed by atoms with Crippen molar-refractivity contribution in [2.45, 2.75) is 19.1 Å². The first-order valence-electron chi connectivity index (χ1n) is 6.11. The van der Waals surface area contributed by atoms with Gasteiger partial charge in [-0.1, -0.05) is 0 Å². The van der Waals surface area contributed by atoms with Gasteiger partial charge in [0.1, 0.15) is 11.0 Å². The third-order valence-corrected chi connectivity index (χ3v) is 4.05. The van der Waals surface area contributed by atoms with Crippen molar-refractivity contribution in [3.8, 4) is 0 Å². The SMILES string of the molecule is CNC(=O)C1CN(Cc2nccs2)Cc2cncn21. The number of nitrogens with zero attached hydrogens (tertiary/aromatic N) is 4. The summed E-state index contributed by atoms with van der Waals surface area (Å²) in [5, 5.41) is 5.76. The third-order valence-electron chi connectivity index (χ3n) is 3.29. The molecule has 19 heavy (non-hydrogen) atoms. The summed E-state index contributed by atoms with van der Waals surface area (Å²) in [5.41, 5.74) is 1.07. The molecule has 1 atom stereocenters. The van der Waals surface area contributed by atoms with Crippen LogP contribution in [0.5, 0.6) is 0 Å². The molecule has 0 aliphatic carbocycles. The molecule has 0 saturated heterocycles. The van der Waals surface area contributed by atoms with Crippen molar-refractivity contribution in [1.82, 2.24) is 24.8 Å². The van der Waals surface area contributed by atoms with Crippen LogP contribution in [0.1, 0.15) is 16.7 Å². The molecule has 0 saturated carbocycles. The minimum atomic E-state index is -0.212. The van der Waals surface area contributed by atoms with Crippen molar-refractivity contribution in [3.63, 3.8) is 0 Å². The Kier molecular flexibility index (Phi) is 3.31. The fourth-order valence-corrected chi connectivity index (χ4v) is 3.04. The molecule has 3 heterocycles.